The van der Waals surface area contributed by atoms with Gasteiger partial charge in [0.1, 0.15) is 11.4 Å². The van der Waals surface area contributed by atoms with E-state index in [4.69, 9.17) is 4.74 Å². The summed E-state index contributed by atoms with van der Waals surface area (Å²) >= 11 is 0. The normalized spacial score (nSPS) is 12.3. The molecule has 0 aromatic heterocycles. The minimum atomic E-state index is -5.73. The van der Waals surface area contributed by atoms with Crippen LogP contribution in [0.4, 0.5) is 13.2 Å². The molecule has 0 atom stereocenters. The zero-order chi connectivity index (χ0) is 24.0. The summed E-state index contributed by atoms with van der Waals surface area (Å²) in [4.78, 5) is 0. The van der Waals surface area contributed by atoms with Gasteiger partial charge in [-0.2, -0.15) is 21.6 Å². The second-order valence-electron chi connectivity index (χ2n) is 7.25. The van der Waals surface area contributed by atoms with Gasteiger partial charge in [-0.05, 0) is 23.1 Å². The van der Waals surface area contributed by atoms with Gasteiger partial charge in [-0.15, -0.1) is 0 Å². The fraction of sp³-hybridized carbons (Fsp3) is 0.200. The van der Waals surface area contributed by atoms with Crippen LogP contribution in [0.5, 0.6) is 0 Å². The SMILES string of the molecule is C=C(CCCOC(c1ccccc1)(c1ccccc1)c1ccccc1)OS(=O)(=O)C(F)(F)F. The molecular formula is C25H23F3O4S. The lowest BCUT2D eigenvalue weighted by molar-refractivity contribution is -0.0524. The van der Waals surface area contributed by atoms with E-state index in [1.165, 1.54) is 0 Å². The summed E-state index contributed by atoms with van der Waals surface area (Å²) < 4.78 is 70.5. The highest BCUT2D eigenvalue weighted by Gasteiger charge is 2.48. The van der Waals surface area contributed by atoms with Crippen LogP contribution in [-0.4, -0.2) is 20.5 Å². The van der Waals surface area contributed by atoms with Crippen LogP contribution < -0.4 is 0 Å². The van der Waals surface area contributed by atoms with Crippen molar-refractivity contribution in [2.45, 2.75) is 24.0 Å². The van der Waals surface area contributed by atoms with Gasteiger partial charge < -0.3 is 8.92 Å². The van der Waals surface area contributed by atoms with Crippen molar-refractivity contribution in [1.82, 2.24) is 0 Å². The molecule has 0 bridgehead atoms. The largest absolute Gasteiger partial charge is 0.534 e. The van der Waals surface area contributed by atoms with Crippen molar-refractivity contribution in [2.75, 3.05) is 6.61 Å². The maximum absolute atomic E-state index is 12.5. The highest BCUT2D eigenvalue weighted by molar-refractivity contribution is 7.87. The summed E-state index contributed by atoms with van der Waals surface area (Å²) in [7, 11) is -5.73. The van der Waals surface area contributed by atoms with Crippen LogP contribution in [0.15, 0.2) is 103 Å². The smallest absolute Gasteiger partial charge is 0.381 e. The Morgan fingerprint density at radius 2 is 1.15 bits per heavy atom. The van der Waals surface area contributed by atoms with Crippen LogP contribution in [0, 0.1) is 0 Å². The Morgan fingerprint density at radius 3 is 1.52 bits per heavy atom. The van der Waals surface area contributed by atoms with E-state index in [1.807, 2.05) is 91.0 Å². The van der Waals surface area contributed by atoms with Gasteiger partial charge in [-0.25, -0.2) is 0 Å². The Balaban J connectivity index is 1.85. The predicted octanol–water partition coefficient (Wildman–Crippen LogP) is 6.16. The Hall–Kier alpha value is -3.10. The third-order valence-corrected chi connectivity index (χ3v) is 5.99. The number of allylic oxidation sites excluding steroid dienone is 1. The van der Waals surface area contributed by atoms with Gasteiger partial charge in [0.25, 0.3) is 0 Å². The van der Waals surface area contributed by atoms with Gasteiger partial charge in [0, 0.05) is 13.0 Å². The molecular weight excluding hydrogens is 453 g/mol. The molecule has 0 aliphatic carbocycles. The average molecular weight is 477 g/mol. The summed E-state index contributed by atoms with van der Waals surface area (Å²) in [5, 5.41) is 0. The summed E-state index contributed by atoms with van der Waals surface area (Å²) in [5.74, 6) is -0.499. The molecule has 0 N–H and O–H groups in total. The van der Waals surface area contributed by atoms with Crippen LogP contribution in [0.2, 0.25) is 0 Å². The Bertz CT molecular complexity index is 1050. The summed E-state index contributed by atoms with van der Waals surface area (Å²) in [6.45, 7) is 3.41. The van der Waals surface area contributed by atoms with Gasteiger partial charge in [-0.1, -0.05) is 97.6 Å². The topological polar surface area (TPSA) is 52.6 Å². The van der Waals surface area contributed by atoms with E-state index in [9.17, 15) is 21.6 Å². The number of alkyl halides is 3. The molecule has 0 saturated carbocycles. The van der Waals surface area contributed by atoms with Crippen LogP contribution in [0.3, 0.4) is 0 Å². The summed E-state index contributed by atoms with van der Waals surface area (Å²) in [6.07, 6.45) is 0.0736. The van der Waals surface area contributed by atoms with Crippen molar-refractivity contribution >= 4 is 10.1 Å². The zero-order valence-electron chi connectivity index (χ0n) is 17.7. The number of hydrogen-bond donors (Lipinski definition) is 0. The van der Waals surface area contributed by atoms with Gasteiger partial charge in [0.2, 0.25) is 0 Å². The third kappa shape index (κ3) is 5.64. The van der Waals surface area contributed by atoms with Crippen molar-refractivity contribution in [3.05, 3.63) is 120 Å². The first-order valence-corrected chi connectivity index (χ1v) is 11.6. The van der Waals surface area contributed by atoms with Gasteiger partial charge in [-0.3, -0.25) is 0 Å². The maximum Gasteiger partial charge on any atom is 0.534 e. The molecule has 174 valence electrons. The lowest BCUT2D eigenvalue weighted by Crippen LogP contribution is -2.33. The van der Waals surface area contributed by atoms with E-state index in [2.05, 4.69) is 10.8 Å². The summed E-state index contributed by atoms with van der Waals surface area (Å²) in [5.41, 5.74) is -3.87. The maximum atomic E-state index is 12.5. The van der Waals surface area contributed by atoms with Crippen LogP contribution in [-0.2, 0) is 24.6 Å². The molecule has 3 aromatic rings. The molecule has 3 rings (SSSR count). The van der Waals surface area contributed by atoms with Crippen LogP contribution in [0.25, 0.3) is 0 Å². The molecule has 0 amide bonds. The monoisotopic (exact) mass is 476 g/mol. The molecule has 8 heteroatoms. The standard InChI is InChI=1S/C25H23F3O4S/c1-20(32-33(29,30)25(26,27)28)12-11-19-31-24(21-13-5-2-6-14-21,22-15-7-3-8-16-22)23-17-9-4-10-18-23/h2-10,13-18H,1,11-12,19H2. The van der Waals surface area contributed by atoms with E-state index in [0.717, 1.165) is 16.7 Å². The highest BCUT2D eigenvalue weighted by Crippen LogP contribution is 2.40. The second kappa shape index (κ2) is 10.2. The van der Waals surface area contributed by atoms with Crippen LogP contribution in [0.1, 0.15) is 29.5 Å². The molecule has 0 radical (unpaired) electrons. The first kappa shape index (κ1) is 24.5. The lowest BCUT2D eigenvalue weighted by atomic mass is 9.80. The van der Waals surface area contributed by atoms with Gasteiger partial charge >= 0.3 is 15.6 Å². The fourth-order valence-corrected chi connectivity index (χ4v) is 4.00. The quantitative estimate of drug-likeness (QED) is 0.116. The molecule has 0 saturated heterocycles. The zero-order valence-corrected chi connectivity index (χ0v) is 18.5. The first-order chi connectivity index (χ1) is 15.7. The highest BCUT2D eigenvalue weighted by atomic mass is 32.2. The van der Waals surface area contributed by atoms with E-state index in [-0.39, 0.29) is 19.4 Å². The van der Waals surface area contributed by atoms with Crippen molar-refractivity contribution in [1.29, 1.82) is 0 Å². The van der Waals surface area contributed by atoms with Crippen molar-refractivity contribution < 1.29 is 30.5 Å². The minimum Gasteiger partial charge on any atom is -0.381 e. The van der Waals surface area contributed by atoms with Crippen molar-refractivity contribution in [3.8, 4) is 0 Å². The number of benzene rings is 3. The molecule has 0 fully saturated rings. The van der Waals surface area contributed by atoms with Gasteiger partial charge in [0.05, 0.1) is 0 Å². The molecule has 0 spiro atoms. The minimum absolute atomic E-state index is 0.104. The predicted molar refractivity (Wildman–Crippen MR) is 120 cm³/mol. The molecule has 0 heterocycles. The van der Waals surface area contributed by atoms with E-state index < -0.39 is 27.0 Å². The first-order valence-electron chi connectivity index (χ1n) is 10.2. The number of ether oxygens (including phenoxy) is 1. The molecule has 3 aromatic carbocycles. The van der Waals surface area contributed by atoms with Gasteiger partial charge in [0.15, 0.2) is 0 Å². The third-order valence-electron chi connectivity index (χ3n) is 4.97. The molecule has 0 aliphatic rings. The Morgan fingerprint density at radius 1 is 0.758 bits per heavy atom. The lowest BCUT2D eigenvalue weighted by Gasteiger charge is -2.36. The Labute approximate surface area is 191 Å². The fourth-order valence-electron chi connectivity index (χ4n) is 3.51. The van der Waals surface area contributed by atoms with Crippen molar-refractivity contribution in [3.63, 3.8) is 0 Å². The van der Waals surface area contributed by atoms with E-state index >= 15 is 0 Å². The number of halogens is 3. The van der Waals surface area contributed by atoms with E-state index in [0.29, 0.717) is 0 Å². The van der Waals surface area contributed by atoms with Crippen LogP contribution >= 0.6 is 0 Å². The summed E-state index contributed by atoms with van der Waals surface area (Å²) in [6, 6.07) is 28.7. The number of rotatable bonds is 10. The Kier molecular flexibility index (Phi) is 7.61. The molecule has 0 unspecified atom stereocenters. The second-order valence-corrected chi connectivity index (χ2v) is 8.79. The van der Waals surface area contributed by atoms with Crippen molar-refractivity contribution in [2.24, 2.45) is 0 Å². The molecule has 4 nitrogen and oxygen atoms in total. The average Bonchev–Trinajstić information content (AvgIpc) is 2.80. The number of hydrogen-bond acceptors (Lipinski definition) is 4. The molecule has 33 heavy (non-hydrogen) atoms. The molecule has 0 aliphatic heterocycles. The van der Waals surface area contributed by atoms with E-state index in [1.54, 1.807) is 0 Å².